The minimum Gasteiger partial charge on any atom is -0.497 e. The molecule has 36 heavy (non-hydrogen) atoms. The maximum atomic E-state index is 13.7. The molecule has 9 heteroatoms. The first kappa shape index (κ1) is 23.5. The van der Waals surface area contributed by atoms with Gasteiger partial charge in [0.2, 0.25) is 0 Å². The lowest BCUT2D eigenvalue weighted by atomic mass is 9.96. The Kier molecular flexibility index (Phi) is 6.15. The van der Waals surface area contributed by atoms with Gasteiger partial charge in [-0.25, -0.2) is 9.79 Å². The van der Waals surface area contributed by atoms with Crippen LogP contribution in [-0.4, -0.2) is 24.3 Å². The zero-order valence-corrected chi connectivity index (χ0v) is 20.6. The van der Waals surface area contributed by atoms with E-state index in [-0.39, 0.29) is 28.7 Å². The van der Waals surface area contributed by atoms with Crippen LogP contribution in [0.3, 0.4) is 0 Å². The van der Waals surface area contributed by atoms with Gasteiger partial charge in [0, 0.05) is 0 Å². The molecule has 0 N–H and O–H groups in total. The number of nitrogens with zero attached hydrogens (tertiary/aromatic N) is 2. The highest BCUT2D eigenvalue weighted by Gasteiger charge is 2.33. The quantitative estimate of drug-likeness (QED) is 0.389. The number of hydrogen-bond acceptors (Lipinski definition) is 8. The standard InChI is InChI=1S/C27H22N2O6S/c1-4-34-26(32)22-15(2)28-27-29(23(22)16-9-11-18(33-3)12-10-16)25(31)21(36-27)13-17-14-35-20-8-6-5-7-19(20)24(17)30/h5-14,23H,4H2,1-3H3/b21-13-/t23-/m0/s1. The third kappa shape index (κ3) is 3.97. The largest absolute Gasteiger partial charge is 0.497 e. The van der Waals surface area contributed by atoms with E-state index < -0.39 is 12.0 Å². The molecule has 0 radical (unpaired) electrons. The van der Waals surface area contributed by atoms with Crippen LogP contribution in [0.2, 0.25) is 0 Å². The van der Waals surface area contributed by atoms with E-state index in [1.165, 1.54) is 16.9 Å². The van der Waals surface area contributed by atoms with Gasteiger partial charge in [0.05, 0.1) is 46.5 Å². The summed E-state index contributed by atoms with van der Waals surface area (Å²) >= 11 is 1.14. The molecule has 0 spiro atoms. The molecule has 4 aromatic rings. The molecular formula is C27H22N2O6S. The fourth-order valence-electron chi connectivity index (χ4n) is 4.23. The summed E-state index contributed by atoms with van der Waals surface area (Å²) in [6, 6.07) is 13.3. The lowest BCUT2D eigenvalue weighted by Crippen LogP contribution is -2.40. The number of methoxy groups -OCH3 is 1. The van der Waals surface area contributed by atoms with Gasteiger partial charge in [-0.2, -0.15) is 0 Å². The van der Waals surface area contributed by atoms with E-state index in [0.29, 0.717) is 37.3 Å². The van der Waals surface area contributed by atoms with Crippen molar-refractivity contribution in [3.63, 3.8) is 0 Å². The van der Waals surface area contributed by atoms with Crippen LogP contribution in [0.5, 0.6) is 5.75 Å². The third-order valence-electron chi connectivity index (χ3n) is 5.94. The van der Waals surface area contributed by atoms with Crippen LogP contribution in [0.15, 0.2) is 85.1 Å². The van der Waals surface area contributed by atoms with Crippen molar-refractivity contribution >= 4 is 34.4 Å². The lowest BCUT2D eigenvalue weighted by molar-refractivity contribution is -0.139. The summed E-state index contributed by atoms with van der Waals surface area (Å²) < 4.78 is 17.9. The van der Waals surface area contributed by atoms with Gasteiger partial charge in [0.1, 0.15) is 17.6 Å². The smallest absolute Gasteiger partial charge is 0.338 e. The molecule has 0 fully saturated rings. The van der Waals surface area contributed by atoms with E-state index in [9.17, 15) is 14.4 Å². The highest BCUT2D eigenvalue weighted by Crippen LogP contribution is 2.31. The van der Waals surface area contributed by atoms with E-state index >= 15 is 0 Å². The van der Waals surface area contributed by atoms with E-state index in [0.717, 1.165) is 11.3 Å². The first-order valence-electron chi connectivity index (χ1n) is 11.3. The van der Waals surface area contributed by atoms with Gasteiger partial charge in [0.25, 0.3) is 5.56 Å². The fourth-order valence-corrected chi connectivity index (χ4v) is 5.26. The SMILES string of the molecule is CCOC(=O)C1=C(C)N=c2s/c(=C\c3coc4ccccc4c3=O)c(=O)n2[C@H]1c1ccc(OC)cc1. The van der Waals surface area contributed by atoms with Crippen molar-refractivity contribution in [1.29, 1.82) is 0 Å². The Balaban J connectivity index is 1.73. The summed E-state index contributed by atoms with van der Waals surface area (Å²) in [5.74, 6) is 0.108. The molecule has 0 aliphatic carbocycles. The number of esters is 1. The van der Waals surface area contributed by atoms with Crippen molar-refractivity contribution in [2.75, 3.05) is 13.7 Å². The topological polar surface area (TPSA) is 100 Å². The van der Waals surface area contributed by atoms with Gasteiger partial charge >= 0.3 is 5.97 Å². The van der Waals surface area contributed by atoms with Gasteiger partial charge in [-0.3, -0.25) is 14.2 Å². The second kappa shape index (κ2) is 9.43. The zero-order chi connectivity index (χ0) is 25.4. The molecule has 3 heterocycles. The van der Waals surface area contributed by atoms with Gasteiger partial charge in [-0.1, -0.05) is 35.6 Å². The number of thiazole rings is 1. The van der Waals surface area contributed by atoms with E-state index in [1.54, 1.807) is 69.5 Å². The maximum Gasteiger partial charge on any atom is 0.338 e. The van der Waals surface area contributed by atoms with Crippen LogP contribution < -0.4 is 25.1 Å². The number of hydrogen-bond donors (Lipinski definition) is 0. The predicted molar refractivity (Wildman–Crippen MR) is 136 cm³/mol. The van der Waals surface area contributed by atoms with E-state index in [1.807, 2.05) is 0 Å². The van der Waals surface area contributed by atoms with Crippen LogP contribution in [-0.2, 0) is 9.53 Å². The van der Waals surface area contributed by atoms with Crippen LogP contribution in [0, 0.1) is 0 Å². The number of para-hydroxylation sites is 1. The molecule has 182 valence electrons. The summed E-state index contributed by atoms with van der Waals surface area (Å²) in [5, 5.41) is 0.426. The number of ether oxygens (including phenoxy) is 2. The van der Waals surface area contributed by atoms with Crippen molar-refractivity contribution in [1.82, 2.24) is 4.57 Å². The molecule has 1 aliphatic heterocycles. The number of rotatable bonds is 5. The molecule has 0 amide bonds. The van der Waals surface area contributed by atoms with Gasteiger partial charge in [0.15, 0.2) is 10.2 Å². The summed E-state index contributed by atoms with van der Waals surface area (Å²) in [6.45, 7) is 3.63. The van der Waals surface area contributed by atoms with Crippen molar-refractivity contribution < 1.29 is 18.7 Å². The predicted octanol–water partition coefficient (Wildman–Crippen LogP) is 2.91. The average molecular weight is 503 g/mol. The highest BCUT2D eigenvalue weighted by molar-refractivity contribution is 7.07. The third-order valence-corrected chi connectivity index (χ3v) is 6.92. The van der Waals surface area contributed by atoms with Crippen LogP contribution in [0.1, 0.15) is 31.0 Å². The van der Waals surface area contributed by atoms with Crippen LogP contribution in [0.4, 0.5) is 0 Å². The Morgan fingerprint density at radius 2 is 1.92 bits per heavy atom. The van der Waals surface area contributed by atoms with E-state index in [2.05, 4.69) is 4.99 Å². The first-order valence-corrected chi connectivity index (χ1v) is 12.1. The maximum absolute atomic E-state index is 13.7. The van der Waals surface area contributed by atoms with Gasteiger partial charge < -0.3 is 13.9 Å². The Hall–Kier alpha value is -4.24. The Morgan fingerprint density at radius 3 is 2.64 bits per heavy atom. The van der Waals surface area contributed by atoms with Crippen molar-refractivity contribution in [2.45, 2.75) is 19.9 Å². The summed E-state index contributed by atoms with van der Waals surface area (Å²) in [4.78, 5) is 44.6. The molecule has 2 aromatic carbocycles. The molecule has 5 rings (SSSR count). The van der Waals surface area contributed by atoms with Crippen molar-refractivity contribution in [2.24, 2.45) is 4.99 Å². The van der Waals surface area contributed by atoms with Crippen molar-refractivity contribution in [3.05, 3.63) is 107 Å². The molecule has 1 atom stereocenters. The number of fused-ring (bicyclic) bond motifs is 2. The molecule has 8 nitrogen and oxygen atoms in total. The molecule has 0 saturated carbocycles. The van der Waals surface area contributed by atoms with Crippen LogP contribution in [0.25, 0.3) is 17.0 Å². The number of aromatic nitrogens is 1. The minimum absolute atomic E-state index is 0.188. The first-order chi connectivity index (χ1) is 17.4. The second-order valence-corrected chi connectivity index (χ2v) is 9.10. The van der Waals surface area contributed by atoms with Crippen molar-refractivity contribution in [3.8, 4) is 5.75 Å². The summed E-state index contributed by atoms with van der Waals surface area (Å²) in [5.41, 5.74) is 1.56. The highest BCUT2D eigenvalue weighted by atomic mass is 32.1. The monoisotopic (exact) mass is 502 g/mol. The normalized spacial score (nSPS) is 15.5. The second-order valence-electron chi connectivity index (χ2n) is 8.09. The van der Waals surface area contributed by atoms with Crippen LogP contribution >= 0.6 is 11.3 Å². The Morgan fingerprint density at radius 1 is 1.17 bits per heavy atom. The number of carbonyl (C=O) groups excluding carboxylic acids is 1. The molecule has 2 aromatic heterocycles. The molecule has 0 bridgehead atoms. The lowest BCUT2D eigenvalue weighted by Gasteiger charge is -2.24. The number of benzene rings is 2. The molecule has 0 unspecified atom stereocenters. The zero-order valence-electron chi connectivity index (χ0n) is 19.8. The molecule has 0 saturated heterocycles. The fraction of sp³-hybridized carbons (Fsp3) is 0.185. The Bertz CT molecular complexity index is 1760. The van der Waals surface area contributed by atoms with E-state index in [4.69, 9.17) is 13.9 Å². The molecular weight excluding hydrogens is 480 g/mol. The Labute approximate surface area is 209 Å². The van der Waals surface area contributed by atoms with Gasteiger partial charge in [-0.15, -0.1) is 0 Å². The average Bonchev–Trinajstić information content (AvgIpc) is 3.19. The number of carbonyl (C=O) groups is 1. The minimum atomic E-state index is -0.749. The summed E-state index contributed by atoms with van der Waals surface area (Å²) in [6.07, 6.45) is 2.86. The molecule has 1 aliphatic rings. The van der Waals surface area contributed by atoms with Gasteiger partial charge in [-0.05, 0) is 49.8 Å². The number of allylic oxidation sites excluding steroid dienone is 1. The summed E-state index contributed by atoms with van der Waals surface area (Å²) in [7, 11) is 1.57.